The molecular formula is C26H29F3N6S. The molecule has 0 saturated carbocycles. The Morgan fingerprint density at radius 1 is 1.22 bits per heavy atom. The van der Waals surface area contributed by atoms with Crippen LogP contribution < -0.4 is 10.6 Å². The number of thiocarbonyl (C=S) groups is 1. The van der Waals surface area contributed by atoms with E-state index in [1.807, 2.05) is 6.92 Å². The Hall–Kier alpha value is -2.85. The van der Waals surface area contributed by atoms with Gasteiger partial charge in [-0.05, 0) is 70.5 Å². The number of likely N-dealkylation sites (N-methyl/N-ethyl adjacent to an activating group) is 1. The number of rotatable bonds is 3. The van der Waals surface area contributed by atoms with Gasteiger partial charge >= 0.3 is 6.18 Å². The summed E-state index contributed by atoms with van der Waals surface area (Å²) in [6.07, 6.45) is 4.50. The van der Waals surface area contributed by atoms with Crippen molar-refractivity contribution in [2.45, 2.75) is 63.2 Å². The monoisotopic (exact) mass is 514 g/mol. The summed E-state index contributed by atoms with van der Waals surface area (Å²) < 4.78 is 40.4. The summed E-state index contributed by atoms with van der Waals surface area (Å²) in [5, 5.41) is 6.45. The van der Waals surface area contributed by atoms with E-state index in [4.69, 9.17) is 22.2 Å². The number of halogens is 3. The molecule has 0 radical (unpaired) electrons. The van der Waals surface area contributed by atoms with Crippen LogP contribution in [0.25, 0.3) is 0 Å². The highest BCUT2D eigenvalue weighted by Crippen LogP contribution is 2.42. The van der Waals surface area contributed by atoms with Crippen LogP contribution in [-0.2, 0) is 19.3 Å². The van der Waals surface area contributed by atoms with Crippen molar-refractivity contribution >= 4 is 28.8 Å². The van der Waals surface area contributed by atoms with Crippen LogP contribution in [0.5, 0.6) is 0 Å². The molecule has 1 aliphatic heterocycles. The van der Waals surface area contributed by atoms with E-state index in [9.17, 15) is 13.2 Å². The first-order chi connectivity index (χ1) is 16.9. The maximum atomic E-state index is 13.5. The smallest absolute Gasteiger partial charge is 0.370 e. The number of allylic oxidation sites excluding steroid dienone is 2. The molecule has 10 heteroatoms. The largest absolute Gasteiger partial charge is 0.416 e. The average Bonchev–Trinajstić information content (AvgIpc) is 2.90. The van der Waals surface area contributed by atoms with Crippen LogP contribution in [0.3, 0.4) is 0 Å². The second-order valence-electron chi connectivity index (χ2n) is 10.3. The number of anilines is 2. The fourth-order valence-corrected chi connectivity index (χ4v) is 5.74. The summed E-state index contributed by atoms with van der Waals surface area (Å²) in [4.78, 5) is 16.8. The predicted molar refractivity (Wildman–Crippen MR) is 138 cm³/mol. The van der Waals surface area contributed by atoms with Gasteiger partial charge in [0, 0.05) is 30.3 Å². The molecule has 0 saturated heterocycles. The molecule has 2 N–H and O–H groups in total. The van der Waals surface area contributed by atoms with E-state index in [1.54, 1.807) is 19.2 Å². The summed E-state index contributed by atoms with van der Waals surface area (Å²) in [6, 6.07) is 2.60. The number of hydrogen-bond donors (Lipinski definition) is 2. The second kappa shape index (κ2) is 8.92. The molecule has 3 unspecified atom stereocenters. The Morgan fingerprint density at radius 2 is 2.00 bits per heavy atom. The summed E-state index contributed by atoms with van der Waals surface area (Å²) in [5.74, 6) is -0.0565. The number of aromatic nitrogens is 3. The van der Waals surface area contributed by atoms with Crippen LogP contribution in [0, 0.1) is 6.92 Å². The molecule has 2 aromatic rings. The highest BCUT2D eigenvalue weighted by Gasteiger charge is 2.44. The van der Waals surface area contributed by atoms with Gasteiger partial charge in [-0.15, -0.1) is 0 Å². The average molecular weight is 515 g/mol. The molecule has 190 valence electrons. The van der Waals surface area contributed by atoms with Gasteiger partial charge in [-0.2, -0.15) is 13.2 Å². The van der Waals surface area contributed by atoms with Crippen molar-refractivity contribution in [1.29, 1.82) is 0 Å². The third-order valence-electron chi connectivity index (χ3n) is 7.38. The van der Waals surface area contributed by atoms with Crippen LogP contribution in [0.1, 0.15) is 47.5 Å². The molecule has 2 aromatic heterocycles. The standard InChI is InChI=1S/C26H29F3N6S/c1-14-21(10-15-9-18(35(3)4)6-8-20(15)31-14)32-24-30-13-16-11-22(36)34-25(2)12-17(26(27,28)29)5-7-19(25)23(16)33-24/h5,7,10,12-13,18-19H,6,8-9,11H2,1-4H3,(H,34,36)(H,30,32,33). The molecule has 0 bridgehead atoms. The second-order valence-corrected chi connectivity index (χ2v) is 10.8. The zero-order chi connectivity index (χ0) is 25.8. The molecule has 36 heavy (non-hydrogen) atoms. The molecule has 2 aliphatic carbocycles. The first-order valence-electron chi connectivity index (χ1n) is 12.0. The lowest BCUT2D eigenvalue weighted by molar-refractivity contribution is -0.0891. The summed E-state index contributed by atoms with van der Waals surface area (Å²) in [5.41, 5.74) is 3.74. The lowest BCUT2D eigenvalue weighted by Gasteiger charge is -2.36. The predicted octanol–water partition coefficient (Wildman–Crippen LogP) is 4.72. The van der Waals surface area contributed by atoms with Crippen LogP contribution in [0.15, 0.2) is 36.1 Å². The van der Waals surface area contributed by atoms with Gasteiger partial charge < -0.3 is 15.5 Å². The van der Waals surface area contributed by atoms with Crippen LogP contribution in [0.4, 0.5) is 24.8 Å². The Labute approximate surface area is 214 Å². The Bertz CT molecular complexity index is 1290. The van der Waals surface area contributed by atoms with E-state index in [2.05, 4.69) is 40.7 Å². The number of alkyl halides is 3. The summed E-state index contributed by atoms with van der Waals surface area (Å²) in [7, 11) is 4.20. The first-order valence-corrected chi connectivity index (χ1v) is 12.4. The molecule has 0 aromatic carbocycles. The molecule has 3 aliphatic rings. The highest BCUT2D eigenvalue weighted by atomic mass is 32.1. The lowest BCUT2D eigenvalue weighted by atomic mass is 9.77. The van der Waals surface area contributed by atoms with Crippen molar-refractivity contribution in [1.82, 2.24) is 25.2 Å². The van der Waals surface area contributed by atoms with Crippen LogP contribution in [-0.4, -0.2) is 56.7 Å². The van der Waals surface area contributed by atoms with Gasteiger partial charge in [0.2, 0.25) is 5.95 Å². The van der Waals surface area contributed by atoms with E-state index in [-0.39, 0.29) is 0 Å². The van der Waals surface area contributed by atoms with Crippen LogP contribution >= 0.6 is 12.2 Å². The van der Waals surface area contributed by atoms with Crippen molar-refractivity contribution in [2.75, 3.05) is 19.4 Å². The quantitative estimate of drug-likeness (QED) is 0.575. The van der Waals surface area contributed by atoms with E-state index in [0.29, 0.717) is 29.1 Å². The molecule has 0 amide bonds. The van der Waals surface area contributed by atoms with Crippen molar-refractivity contribution in [3.8, 4) is 0 Å². The Kier molecular flexibility index (Phi) is 6.15. The fourth-order valence-electron chi connectivity index (χ4n) is 5.37. The van der Waals surface area contributed by atoms with E-state index in [1.165, 1.54) is 11.6 Å². The van der Waals surface area contributed by atoms with Gasteiger partial charge in [-0.3, -0.25) is 4.98 Å². The Balaban J connectivity index is 1.49. The minimum atomic E-state index is -4.44. The topological polar surface area (TPSA) is 66.0 Å². The van der Waals surface area contributed by atoms with Crippen molar-refractivity contribution in [2.24, 2.45) is 0 Å². The van der Waals surface area contributed by atoms with E-state index >= 15 is 0 Å². The van der Waals surface area contributed by atoms with E-state index < -0.39 is 23.2 Å². The van der Waals surface area contributed by atoms with Gasteiger partial charge in [0.1, 0.15) is 0 Å². The first kappa shape index (κ1) is 24.8. The van der Waals surface area contributed by atoms with Gasteiger partial charge in [0.05, 0.1) is 33.2 Å². The van der Waals surface area contributed by atoms with Gasteiger partial charge in [0.15, 0.2) is 0 Å². The molecule has 6 nitrogen and oxygen atoms in total. The summed E-state index contributed by atoms with van der Waals surface area (Å²) in [6.45, 7) is 3.68. The van der Waals surface area contributed by atoms with Gasteiger partial charge in [-0.1, -0.05) is 24.4 Å². The van der Waals surface area contributed by atoms with Crippen LogP contribution in [0.2, 0.25) is 0 Å². The zero-order valence-corrected chi connectivity index (χ0v) is 21.5. The molecule has 3 heterocycles. The molecule has 0 fully saturated rings. The zero-order valence-electron chi connectivity index (χ0n) is 20.7. The van der Waals surface area contributed by atoms with Gasteiger partial charge in [-0.25, -0.2) is 9.97 Å². The lowest BCUT2D eigenvalue weighted by Crippen LogP contribution is -2.48. The number of nitrogens with zero attached hydrogens (tertiary/aromatic N) is 4. The maximum absolute atomic E-state index is 13.5. The Morgan fingerprint density at radius 3 is 2.72 bits per heavy atom. The minimum absolute atomic E-state index is 0.366. The van der Waals surface area contributed by atoms with Crippen molar-refractivity contribution in [3.05, 3.63) is 64.3 Å². The highest BCUT2D eigenvalue weighted by molar-refractivity contribution is 7.80. The SMILES string of the molecule is Cc1nc2c(cc1Nc1ncc3c(n1)C1C=CC(C(F)(F)F)=CC1(C)NC(=S)C3)CC(N(C)C)CC2. The number of nitrogens with one attached hydrogen (secondary N) is 2. The summed E-state index contributed by atoms with van der Waals surface area (Å²) >= 11 is 5.45. The molecule has 5 rings (SSSR count). The number of hydrogen-bond acceptors (Lipinski definition) is 6. The number of pyridine rings is 1. The normalized spacial score (nSPS) is 25.3. The number of fused-ring (bicyclic) bond motifs is 4. The maximum Gasteiger partial charge on any atom is 0.416 e. The molecule has 0 spiro atoms. The van der Waals surface area contributed by atoms with E-state index in [0.717, 1.165) is 48.0 Å². The third kappa shape index (κ3) is 4.64. The fraction of sp³-hybridized carbons (Fsp3) is 0.462. The van der Waals surface area contributed by atoms with Gasteiger partial charge in [0.25, 0.3) is 0 Å². The molecular weight excluding hydrogens is 485 g/mol. The third-order valence-corrected chi connectivity index (χ3v) is 7.62. The molecule has 3 atom stereocenters. The van der Waals surface area contributed by atoms with Crippen molar-refractivity contribution in [3.63, 3.8) is 0 Å². The minimum Gasteiger partial charge on any atom is -0.370 e. The van der Waals surface area contributed by atoms with Crippen molar-refractivity contribution < 1.29 is 13.2 Å². The number of aryl methyl sites for hydroxylation is 2.